The first kappa shape index (κ1) is 16.5. The molecule has 0 radical (unpaired) electrons. The minimum absolute atomic E-state index is 0.0356. The minimum atomic E-state index is -0.0356. The van der Waals surface area contributed by atoms with E-state index in [1.165, 1.54) is 32.1 Å². The van der Waals surface area contributed by atoms with Crippen LogP contribution in [0.25, 0.3) is 0 Å². The molecule has 0 bridgehead atoms. The molecular formula is C18H26ClNO. The van der Waals surface area contributed by atoms with Gasteiger partial charge in [0.25, 0.3) is 0 Å². The molecule has 0 aliphatic carbocycles. The summed E-state index contributed by atoms with van der Waals surface area (Å²) in [7, 11) is 0. The Morgan fingerprint density at radius 3 is 2.67 bits per heavy atom. The fraction of sp³-hybridized carbons (Fsp3) is 0.611. The lowest BCUT2D eigenvalue weighted by Crippen LogP contribution is -2.39. The highest BCUT2D eigenvalue weighted by Crippen LogP contribution is 2.24. The largest absolute Gasteiger partial charge is 0.293 e. The van der Waals surface area contributed by atoms with Crippen molar-refractivity contribution in [1.29, 1.82) is 0 Å². The normalized spacial score (nSPS) is 21.8. The molecular weight excluding hydrogens is 282 g/mol. The first-order chi connectivity index (χ1) is 10.1. The number of nitrogens with zero attached hydrogens (tertiary/aromatic N) is 1. The van der Waals surface area contributed by atoms with Crippen molar-refractivity contribution in [3.63, 3.8) is 0 Å². The van der Waals surface area contributed by atoms with E-state index in [1.54, 1.807) is 12.1 Å². The van der Waals surface area contributed by atoms with Gasteiger partial charge in [-0.2, -0.15) is 0 Å². The average molecular weight is 308 g/mol. The van der Waals surface area contributed by atoms with Crippen LogP contribution < -0.4 is 0 Å². The predicted molar refractivity (Wildman–Crippen MR) is 89.1 cm³/mol. The summed E-state index contributed by atoms with van der Waals surface area (Å²) < 4.78 is 0. The fourth-order valence-electron chi connectivity index (χ4n) is 3.29. The Morgan fingerprint density at radius 2 is 2.00 bits per heavy atom. The number of rotatable bonds is 5. The Bertz CT molecular complexity index is 457. The van der Waals surface area contributed by atoms with E-state index in [1.807, 2.05) is 19.1 Å². The topological polar surface area (TPSA) is 20.3 Å². The van der Waals surface area contributed by atoms with Gasteiger partial charge in [0.1, 0.15) is 0 Å². The van der Waals surface area contributed by atoms with Crippen molar-refractivity contribution in [2.75, 3.05) is 13.1 Å². The molecule has 0 N–H and O–H groups in total. The second-order valence-electron chi connectivity index (χ2n) is 6.17. The molecule has 1 fully saturated rings. The molecule has 2 atom stereocenters. The molecule has 2 nitrogen and oxygen atoms in total. The van der Waals surface area contributed by atoms with E-state index in [9.17, 15) is 4.79 Å². The van der Waals surface area contributed by atoms with E-state index in [2.05, 4.69) is 11.8 Å². The van der Waals surface area contributed by atoms with Crippen LogP contribution in [0.2, 0.25) is 5.02 Å². The predicted octanol–water partition coefficient (Wildman–Crippen LogP) is 4.81. The lowest BCUT2D eigenvalue weighted by atomic mass is 9.96. The monoisotopic (exact) mass is 307 g/mol. The van der Waals surface area contributed by atoms with Crippen LogP contribution in [0.15, 0.2) is 24.3 Å². The smallest absolute Gasteiger partial charge is 0.179 e. The van der Waals surface area contributed by atoms with Crippen molar-refractivity contribution < 1.29 is 4.79 Å². The summed E-state index contributed by atoms with van der Waals surface area (Å²) in [4.78, 5) is 14.9. The number of hydrogen-bond donors (Lipinski definition) is 0. The van der Waals surface area contributed by atoms with Gasteiger partial charge in [0.05, 0.1) is 6.04 Å². The van der Waals surface area contributed by atoms with Crippen molar-refractivity contribution in [1.82, 2.24) is 4.90 Å². The van der Waals surface area contributed by atoms with Gasteiger partial charge < -0.3 is 0 Å². The van der Waals surface area contributed by atoms with E-state index < -0.39 is 0 Å². The zero-order valence-corrected chi connectivity index (χ0v) is 13.9. The van der Waals surface area contributed by atoms with Gasteiger partial charge in [-0.15, -0.1) is 0 Å². The van der Waals surface area contributed by atoms with Crippen molar-refractivity contribution >= 4 is 17.4 Å². The summed E-state index contributed by atoms with van der Waals surface area (Å²) in [6, 6.07) is 7.21. The lowest BCUT2D eigenvalue weighted by Gasteiger charge is -2.26. The van der Waals surface area contributed by atoms with Crippen molar-refractivity contribution in [2.45, 2.75) is 52.0 Å². The van der Waals surface area contributed by atoms with Gasteiger partial charge in [-0.3, -0.25) is 9.69 Å². The van der Waals surface area contributed by atoms with E-state index >= 15 is 0 Å². The van der Waals surface area contributed by atoms with Crippen LogP contribution in [0.1, 0.15) is 56.3 Å². The van der Waals surface area contributed by atoms with Crippen LogP contribution in [0.3, 0.4) is 0 Å². The number of halogens is 1. The molecule has 0 aromatic heterocycles. The molecule has 2 unspecified atom stereocenters. The maximum Gasteiger partial charge on any atom is 0.179 e. The number of benzene rings is 1. The van der Waals surface area contributed by atoms with E-state index in [0.29, 0.717) is 5.02 Å². The zero-order valence-electron chi connectivity index (χ0n) is 13.1. The Balaban J connectivity index is 1.97. The SMILES string of the molecule is CCCC1CCCN(C(C)C(=O)c2ccc(Cl)cc2)CC1. The Morgan fingerprint density at radius 1 is 1.29 bits per heavy atom. The number of hydrogen-bond acceptors (Lipinski definition) is 2. The van der Waals surface area contributed by atoms with Gasteiger partial charge in [0.2, 0.25) is 0 Å². The Kier molecular flexibility index (Phi) is 6.25. The number of carbonyl (C=O) groups excluding carboxylic acids is 1. The van der Waals surface area contributed by atoms with Crippen LogP contribution in [0.5, 0.6) is 0 Å². The molecule has 1 aliphatic rings. The third-order valence-corrected chi connectivity index (χ3v) is 4.89. The third kappa shape index (κ3) is 4.55. The molecule has 21 heavy (non-hydrogen) atoms. The first-order valence-corrected chi connectivity index (χ1v) is 8.53. The number of likely N-dealkylation sites (tertiary alicyclic amines) is 1. The zero-order chi connectivity index (χ0) is 15.2. The average Bonchev–Trinajstić information content (AvgIpc) is 2.73. The maximum atomic E-state index is 12.6. The van der Waals surface area contributed by atoms with Crippen LogP contribution in [0, 0.1) is 5.92 Å². The van der Waals surface area contributed by atoms with E-state index in [0.717, 1.165) is 24.6 Å². The van der Waals surface area contributed by atoms with Crippen LogP contribution >= 0.6 is 11.6 Å². The molecule has 0 saturated carbocycles. The van der Waals surface area contributed by atoms with Gasteiger partial charge in [0, 0.05) is 10.6 Å². The standard InChI is InChI=1S/C18H26ClNO/c1-3-5-15-6-4-12-20(13-11-15)14(2)18(21)16-7-9-17(19)10-8-16/h7-10,14-15H,3-6,11-13H2,1-2H3. The van der Waals surface area contributed by atoms with Crippen molar-refractivity contribution in [2.24, 2.45) is 5.92 Å². The molecule has 1 heterocycles. The summed E-state index contributed by atoms with van der Waals surface area (Å²) in [5.41, 5.74) is 0.765. The first-order valence-electron chi connectivity index (χ1n) is 8.15. The maximum absolute atomic E-state index is 12.6. The van der Waals surface area contributed by atoms with Gasteiger partial charge >= 0.3 is 0 Å². The Labute approximate surface area is 133 Å². The van der Waals surface area contributed by atoms with E-state index in [4.69, 9.17) is 11.6 Å². The molecule has 0 spiro atoms. The molecule has 2 rings (SSSR count). The van der Waals surface area contributed by atoms with Gasteiger partial charge in [-0.1, -0.05) is 31.4 Å². The van der Waals surface area contributed by atoms with Gasteiger partial charge in [-0.25, -0.2) is 0 Å². The highest BCUT2D eigenvalue weighted by atomic mass is 35.5. The minimum Gasteiger partial charge on any atom is -0.293 e. The molecule has 0 amide bonds. The van der Waals surface area contributed by atoms with Crippen LogP contribution in [-0.4, -0.2) is 29.8 Å². The molecule has 1 aromatic carbocycles. The second kappa shape index (κ2) is 7.95. The molecule has 3 heteroatoms. The summed E-state index contributed by atoms with van der Waals surface area (Å²) >= 11 is 5.89. The van der Waals surface area contributed by atoms with Gasteiger partial charge in [-0.05, 0) is 69.5 Å². The number of ketones is 1. The Hall–Kier alpha value is -0.860. The quantitative estimate of drug-likeness (QED) is 0.727. The van der Waals surface area contributed by atoms with E-state index in [-0.39, 0.29) is 11.8 Å². The lowest BCUT2D eigenvalue weighted by molar-refractivity contribution is 0.0841. The number of carbonyl (C=O) groups is 1. The molecule has 1 saturated heterocycles. The second-order valence-corrected chi connectivity index (χ2v) is 6.61. The summed E-state index contributed by atoms with van der Waals surface area (Å²) in [6.07, 6.45) is 6.35. The van der Waals surface area contributed by atoms with Crippen molar-refractivity contribution in [3.8, 4) is 0 Å². The molecule has 1 aliphatic heterocycles. The molecule has 1 aromatic rings. The van der Waals surface area contributed by atoms with Crippen molar-refractivity contribution in [3.05, 3.63) is 34.9 Å². The summed E-state index contributed by atoms with van der Waals surface area (Å²) in [6.45, 7) is 6.39. The van der Waals surface area contributed by atoms with Gasteiger partial charge in [0.15, 0.2) is 5.78 Å². The highest BCUT2D eigenvalue weighted by Gasteiger charge is 2.25. The fourth-order valence-corrected chi connectivity index (χ4v) is 3.42. The third-order valence-electron chi connectivity index (χ3n) is 4.64. The highest BCUT2D eigenvalue weighted by molar-refractivity contribution is 6.30. The number of Topliss-reactive ketones (excluding diaryl/α,β-unsaturated/α-hetero) is 1. The van der Waals surface area contributed by atoms with Crippen LogP contribution in [0.4, 0.5) is 0 Å². The van der Waals surface area contributed by atoms with Crippen LogP contribution in [-0.2, 0) is 0 Å². The summed E-state index contributed by atoms with van der Waals surface area (Å²) in [5.74, 6) is 1.05. The summed E-state index contributed by atoms with van der Waals surface area (Å²) in [5, 5.41) is 0.677. The molecule has 116 valence electrons.